The van der Waals surface area contributed by atoms with Gasteiger partial charge >= 0.3 is 0 Å². The molecule has 0 aliphatic rings. The van der Waals surface area contributed by atoms with Gasteiger partial charge in [0.2, 0.25) is 0 Å². The molecule has 0 bridgehead atoms. The van der Waals surface area contributed by atoms with Gasteiger partial charge in [0.05, 0.1) is 7.11 Å². The highest BCUT2D eigenvalue weighted by atomic mass is 16.5. The highest BCUT2D eigenvalue weighted by Gasteiger charge is 2.11. The summed E-state index contributed by atoms with van der Waals surface area (Å²) in [6.07, 6.45) is 3.86. The molecule has 0 saturated carbocycles. The first-order valence-corrected chi connectivity index (χ1v) is 7.01. The first-order valence-electron chi connectivity index (χ1n) is 7.01. The lowest BCUT2D eigenvalue weighted by atomic mass is 10.0. The predicted molar refractivity (Wildman–Crippen MR) is 82.1 cm³/mol. The number of pyridine rings is 1. The maximum atomic E-state index is 5.29. The average molecular weight is 270 g/mol. The highest BCUT2D eigenvalue weighted by Crippen LogP contribution is 2.21. The van der Waals surface area contributed by atoms with Gasteiger partial charge in [-0.25, -0.2) is 0 Å². The van der Waals surface area contributed by atoms with E-state index in [1.807, 2.05) is 25.4 Å². The monoisotopic (exact) mass is 270 g/mol. The minimum absolute atomic E-state index is 0.241. The van der Waals surface area contributed by atoms with Crippen molar-refractivity contribution in [2.75, 3.05) is 14.2 Å². The fraction of sp³-hybridized carbons (Fsp3) is 0.353. The molecule has 0 saturated heterocycles. The second-order valence-corrected chi connectivity index (χ2v) is 4.83. The van der Waals surface area contributed by atoms with Crippen molar-refractivity contribution in [3.63, 3.8) is 0 Å². The molecule has 20 heavy (non-hydrogen) atoms. The van der Waals surface area contributed by atoms with E-state index in [0.717, 1.165) is 24.3 Å². The molecule has 2 aromatic rings. The zero-order chi connectivity index (χ0) is 14.4. The van der Waals surface area contributed by atoms with E-state index in [1.54, 1.807) is 7.11 Å². The van der Waals surface area contributed by atoms with Crippen molar-refractivity contribution in [3.05, 3.63) is 59.4 Å². The topological polar surface area (TPSA) is 34.1 Å². The number of likely N-dealkylation sites (N-methyl/N-ethyl adjacent to an activating group) is 1. The van der Waals surface area contributed by atoms with Crippen LogP contribution in [-0.2, 0) is 12.8 Å². The first-order chi connectivity index (χ1) is 9.76. The van der Waals surface area contributed by atoms with E-state index in [9.17, 15) is 0 Å². The van der Waals surface area contributed by atoms with Crippen LogP contribution in [0.3, 0.4) is 0 Å². The third kappa shape index (κ3) is 3.58. The Morgan fingerprint density at radius 1 is 1.25 bits per heavy atom. The fourth-order valence-corrected chi connectivity index (χ4v) is 2.24. The van der Waals surface area contributed by atoms with Gasteiger partial charge in [-0.3, -0.25) is 4.98 Å². The molecule has 1 heterocycles. The molecule has 3 nitrogen and oxygen atoms in total. The molecule has 1 N–H and O–H groups in total. The zero-order valence-corrected chi connectivity index (χ0v) is 12.4. The van der Waals surface area contributed by atoms with Gasteiger partial charge in [0.15, 0.2) is 0 Å². The quantitative estimate of drug-likeness (QED) is 0.875. The van der Waals surface area contributed by atoms with Crippen LogP contribution in [0.25, 0.3) is 0 Å². The van der Waals surface area contributed by atoms with Gasteiger partial charge < -0.3 is 10.1 Å². The summed E-state index contributed by atoms with van der Waals surface area (Å²) in [7, 11) is 3.67. The van der Waals surface area contributed by atoms with Crippen LogP contribution in [0.5, 0.6) is 5.75 Å². The summed E-state index contributed by atoms with van der Waals surface area (Å²) < 4.78 is 5.29. The smallest absolute Gasteiger partial charge is 0.119 e. The van der Waals surface area contributed by atoms with E-state index in [-0.39, 0.29) is 6.04 Å². The molecule has 1 unspecified atom stereocenters. The number of hydrogen-bond donors (Lipinski definition) is 1. The van der Waals surface area contributed by atoms with Crippen molar-refractivity contribution in [3.8, 4) is 5.75 Å². The van der Waals surface area contributed by atoms with Crippen molar-refractivity contribution in [2.24, 2.45) is 0 Å². The van der Waals surface area contributed by atoms with E-state index < -0.39 is 0 Å². The Morgan fingerprint density at radius 3 is 2.70 bits per heavy atom. The molecule has 1 aromatic heterocycles. The summed E-state index contributed by atoms with van der Waals surface area (Å²) in [6, 6.07) is 12.7. The Kier molecular flexibility index (Phi) is 5.13. The Balaban J connectivity index is 2.14. The Hall–Kier alpha value is -1.87. The summed E-state index contributed by atoms with van der Waals surface area (Å²) in [5.41, 5.74) is 3.59. The van der Waals surface area contributed by atoms with Gasteiger partial charge in [0.25, 0.3) is 0 Å². The normalized spacial score (nSPS) is 12.2. The summed E-state index contributed by atoms with van der Waals surface area (Å²) >= 11 is 0. The first kappa shape index (κ1) is 14.5. The zero-order valence-electron chi connectivity index (χ0n) is 12.4. The van der Waals surface area contributed by atoms with Crippen molar-refractivity contribution < 1.29 is 4.74 Å². The number of rotatable bonds is 6. The summed E-state index contributed by atoms with van der Waals surface area (Å²) in [4.78, 5) is 4.53. The second kappa shape index (κ2) is 7.06. The van der Waals surface area contributed by atoms with Gasteiger partial charge in [0.1, 0.15) is 5.75 Å². The van der Waals surface area contributed by atoms with Crippen LogP contribution in [0, 0.1) is 0 Å². The van der Waals surface area contributed by atoms with Crippen molar-refractivity contribution in [1.82, 2.24) is 10.3 Å². The number of nitrogens with one attached hydrogen (secondary N) is 1. The minimum Gasteiger partial charge on any atom is -0.497 e. The van der Waals surface area contributed by atoms with Gasteiger partial charge in [0, 0.05) is 24.4 Å². The van der Waals surface area contributed by atoms with Crippen molar-refractivity contribution >= 4 is 0 Å². The van der Waals surface area contributed by atoms with Gasteiger partial charge in [-0.1, -0.05) is 25.1 Å². The van der Waals surface area contributed by atoms with Crippen molar-refractivity contribution in [2.45, 2.75) is 25.8 Å². The third-order valence-corrected chi connectivity index (χ3v) is 3.55. The molecular weight excluding hydrogens is 248 g/mol. The van der Waals surface area contributed by atoms with Crippen LogP contribution in [-0.4, -0.2) is 19.1 Å². The third-order valence-electron chi connectivity index (χ3n) is 3.55. The molecule has 0 spiro atoms. The molecule has 2 rings (SSSR count). The fourth-order valence-electron chi connectivity index (χ4n) is 2.24. The number of aromatic nitrogens is 1. The maximum absolute atomic E-state index is 5.29. The van der Waals surface area contributed by atoms with Gasteiger partial charge in [-0.2, -0.15) is 0 Å². The molecule has 0 fully saturated rings. The van der Waals surface area contributed by atoms with Crippen LogP contribution in [0.2, 0.25) is 0 Å². The van der Waals surface area contributed by atoms with Crippen LogP contribution >= 0.6 is 0 Å². The number of ether oxygens (including phenoxy) is 1. The molecule has 0 aliphatic heterocycles. The number of methoxy groups -OCH3 is 1. The number of hydrogen-bond acceptors (Lipinski definition) is 3. The number of aryl methyl sites for hydroxylation is 1. The standard InChI is InChI=1S/C17H22N2O/c1-4-13-8-9-15(19-12-13)11-17(18-2)14-6-5-7-16(10-14)20-3/h5-10,12,17-18H,4,11H2,1-3H3. The van der Waals surface area contributed by atoms with Gasteiger partial charge in [-0.05, 0) is 42.8 Å². The number of benzene rings is 1. The summed E-state index contributed by atoms with van der Waals surface area (Å²) in [5, 5.41) is 3.35. The largest absolute Gasteiger partial charge is 0.497 e. The minimum atomic E-state index is 0.241. The molecule has 3 heteroatoms. The van der Waals surface area contributed by atoms with E-state index >= 15 is 0 Å². The lowest BCUT2D eigenvalue weighted by Gasteiger charge is -2.17. The predicted octanol–water partition coefficient (Wildman–Crippen LogP) is 3.16. The summed E-state index contributed by atoms with van der Waals surface area (Å²) in [6.45, 7) is 2.14. The molecule has 0 radical (unpaired) electrons. The molecule has 1 aromatic carbocycles. The Labute approximate surface area is 121 Å². The van der Waals surface area contributed by atoms with E-state index in [1.165, 1.54) is 11.1 Å². The second-order valence-electron chi connectivity index (χ2n) is 4.83. The Morgan fingerprint density at radius 2 is 2.10 bits per heavy atom. The number of nitrogens with zero attached hydrogens (tertiary/aromatic N) is 1. The van der Waals surface area contributed by atoms with Gasteiger partial charge in [-0.15, -0.1) is 0 Å². The average Bonchev–Trinajstić information content (AvgIpc) is 2.53. The van der Waals surface area contributed by atoms with Crippen LogP contribution < -0.4 is 10.1 Å². The van der Waals surface area contributed by atoms with Crippen LogP contribution in [0.15, 0.2) is 42.6 Å². The molecule has 1 atom stereocenters. The van der Waals surface area contributed by atoms with E-state index in [0.29, 0.717) is 0 Å². The molecular formula is C17H22N2O. The lowest BCUT2D eigenvalue weighted by molar-refractivity contribution is 0.413. The Bertz CT molecular complexity index is 537. The van der Waals surface area contributed by atoms with E-state index in [4.69, 9.17) is 4.74 Å². The van der Waals surface area contributed by atoms with Crippen molar-refractivity contribution in [1.29, 1.82) is 0 Å². The molecule has 0 aliphatic carbocycles. The summed E-state index contributed by atoms with van der Waals surface area (Å²) in [5.74, 6) is 0.886. The maximum Gasteiger partial charge on any atom is 0.119 e. The van der Waals surface area contributed by atoms with Crippen LogP contribution in [0.4, 0.5) is 0 Å². The highest BCUT2D eigenvalue weighted by molar-refractivity contribution is 5.31. The SMILES string of the molecule is CCc1ccc(CC(NC)c2cccc(OC)c2)nc1. The molecule has 0 amide bonds. The van der Waals surface area contributed by atoms with Crippen LogP contribution in [0.1, 0.15) is 29.8 Å². The van der Waals surface area contributed by atoms with E-state index in [2.05, 4.69) is 41.5 Å². The lowest BCUT2D eigenvalue weighted by Crippen LogP contribution is -2.19. The molecule has 106 valence electrons.